The zero-order chi connectivity index (χ0) is 17.1. The van der Waals surface area contributed by atoms with Crippen molar-refractivity contribution in [3.8, 4) is 0 Å². The van der Waals surface area contributed by atoms with Crippen LogP contribution in [0.1, 0.15) is 38.2 Å². The van der Waals surface area contributed by atoms with Crippen LogP contribution in [0.5, 0.6) is 0 Å². The molecule has 0 saturated heterocycles. The van der Waals surface area contributed by atoms with Crippen molar-refractivity contribution in [2.75, 3.05) is 19.5 Å². The van der Waals surface area contributed by atoms with Crippen molar-refractivity contribution in [1.82, 2.24) is 0 Å². The van der Waals surface area contributed by atoms with Gasteiger partial charge in [-0.1, -0.05) is 38.3 Å². The topological polar surface area (TPSA) is 64.6 Å². The fourth-order valence-corrected chi connectivity index (χ4v) is 2.10. The van der Waals surface area contributed by atoms with Crippen LogP contribution in [0.2, 0.25) is 0 Å². The van der Waals surface area contributed by atoms with Gasteiger partial charge in [0.1, 0.15) is 5.70 Å². The summed E-state index contributed by atoms with van der Waals surface area (Å²) >= 11 is 0. The maximum Gasteiger partial charge on any atom is 0.354 e. The van der Waals surface area contributed by atoms with Gasteiger partial charge in [-0.3, -0.25) is 0 Å². The lowest BCUT2D eigenvalue weighted by atomic mass is 10.1. The quantitative estimate of drug-likeness (QED) is 0.429. The van der Waals surface area contributed by atoms with Crippen LogP contribution in [-0.4, -0.2) is 26.2 Å². The van der Waals surface area contributed by atoms with Crippen LogP contribution in [0.15, 0.2) is 36.0 Å². The number of esters is 2. The van der Waals surface area contributed by atoms with Gasteiger partial charge in [-0.15, -0.1) is 0 Å². The Balaban J connectivity index is 2.68. The van der Waals surface area contributed by atoms with E-state index in [4.69, 9.17) is 0 Å². The number of ether oxygens (including phenoxy) is 2. The van der Waals surface area contributed by atoms with Crippen molar-refractivity contribution in [2.24, 2.45) is 0 Å². The van der Waals surface area contributed by atoms with Crippen LogP contribution in [0.4, 0.5) is 5.69 Å². The summed E-state index contributed by atoms with van der Waals surface area (Å²) in [7, 11) is 2.51. The number of hydrogen-bond donors (Lipinski definition) is 1. The molecule has 126 valence electrons. The number of hydrogen-bond acceptors (Lipinski definition) is 5. The Morgan fingerprint density at radius 3 is 2.30 bits per heavy atom. The van der Waals surface area contributed by atoms with Crippen molar-refractivity contribution in [3.63, 3.8) is 0 Å². The number of unbranched alkanes of at least 4 members (excludes halogenated alkanes) is 3. The lowest BCUT2D eigenvalue weighted by Crippen LogP contribution is -2.15. The van der Waals surface area contributed by atoms with E-state index in [1.165, 1.54) is 45.5 Å². The number of benzene rings is 1. The van der Waals surface area contributed by atoms with Crippen LogP contribution in [0, 0.1) is 0 Å². The van der Waals surface area contributed by atoms with Gasteiger partial charge in [0, 0.05) is 5.69 Å². The molecule has 0 aliphatic rings. The summed E-state index contributed by atoms with van der Waals surface area (Å²) in [6.07, 6.45) is 7.03. The Bertz CT molecular complexity index is 534. The summed E-state index contributed by atoms with van der Waals surface area (Å²) in [4.78, 5) is 23.0. The molecule has 0 spiro atoms. The third-order valence-electron chi connectivity index (χ3n) is 3.42. The van der Waals surface area contributed by atoms with Gasteiger partial charge in [0.05, 0.1) is 20.3 Å². The Morgan fingerprint density at radius 1 is 1.04 bits per heavy atom. The number of nitrogens with one attached hydrogen (secondary N) is 1. The maximum atomic E-state index is 11.7. The number of rotatable bonds is 9. The van der Waals surface area contributed by atoms with E-state index in [1.807, 2.05) is 24.3 Å². The zero-order valence-electron chi connectivity index (χ0n) is 14.1. The number of methoxy groups -OCH3 is 2. The first-order chi connectivity index (χ1) is 11.1. The van der Waals surface area contributed by atoms with Gasteiger partial charge in [0.2, 0.25) is 0 Å². The smallest absolute Gasteiger partial charge is 0.354 e. The van der Waals surface area contributed by atoms with E-state index in [1.54, 1.807) is 0 Å². The molecule has 0 aliphatic heterocycles. The average molecular weight is 319 g/mol. The summed E-state index contributed by atoms with van der Waals surface area (Å²) in [6.45, 7) is 2.20. The number of carbonyl (C=O) groups excluding carboxylic acids is 2. The van der Waals surface area contributed by atoms with Crippen LogP contribution in [0.3, 0.4) is 0 Å². The highest BCUT2D eigenvalue weighted by atomic mass is 16.5. The molecule has 0 aliphatic carbocycles. The predicted molar refractivity (Wildman–Crippen MR) is 90.0 cm³/mol. The Kier molecular flexibility index (Phi) is 8.50. The molecule has 0 saturated carbocycles. The molecule has 1 aromatic rings. The lowest BCUT2D eigenvalue weighted by molar-refractivity contribution is -0.138. The number of aryl methyl sites for hydroxylation is 1. The molecule has 0 atom stereocenters. The van der Waals surface area contributed by atoms with Crippen LogP contribution >= 0.6 is 0 Å². The molecule has 0 bridgehead atoms. The van der Waals surface area contributed by atoms with Crippen molar-refractivity contribution >= 4 is 17.6 Å². The van der Waals surface area contributed by atoms with Crippen LogP contribution < -0.4 is 5.32 Å². The Morgan fingerprint density at radius 2 is 1.74 bits per heavy atom. The van der Waals surface area contributed by atoms with E-state index in [9.17, 15) is 9.59 Å². The zero-order valence-corrected chi connectivity index (χ0v) is 14.1. The second-order valence-corrected chi connectivity index (χ2v) is 5.21. The van der Waals surface area contributed by atoms with Gasteiger partial charge in [-0.05, 0) is 30.5 Å². The number of carbonyl (C=O) groups is 2. The van der Waals surface area contributed by atoms with E-state index in [0.29, 0.717) is 5.69 Å². The average Bonchev–Trinajstić information content (AvgIpc) is 2.58. The summed E-state index contributed by atoms with van der Waals surface area (Å²) in [6, 6.07) is 7.79. The molecule has 0 amide bonds. The van der Waals surface area contributed by atoms with E-state index in [-0.39, 0.29) is 5.70 Å². The molecule has 0 unspecified atom stereocenters. The first-order valence-corrected chi connectivity index (χ1v) is 7.84. The molecular weight excluding hydrogens is 294 g/mol. The minimum absolute atomic E-state index is 0.0371. The van der Waals surface area contributed by atoms with E-state index < -0.39 is 11.9 Å². The van der Waals surface area contributed by atoms with Gasteiger partial charge in [-0.25, -0.2) is 9.59 Å². The third kappa shape index (κ3) is 7.00. The minimum Gasteiger partial charge on any atom is -0.466 e. The molecule has 1 N–H and O–H groups in total. The highest BCUT2D eigenvalue weighted by Crippen LogP contribution is 2.15. The van der Waals surface area contributed by atoms with E-state index in [2.05, 4.69) is 21.7 Å². The molecule has 0 aromatic heterocycles. The standard InChI is InChI=1S/C18H25NO4/c1-4-5-6-7-8-14-9-11-15(12-10-14)19-16(18(21)23-3)13-17(20)22-2/h9-13,19H,4-8H2,1-3H3/b16-13-. The second-order valence-electron chi connectivity index (χ2n) is 5.21. The van der Waals surface area contributed by atoms with Crippen molar-refractivity contribution in [3.05, 3.63) is 41.6 Å². The summed E-state index contributed by atoms with van der Waals surface area (Å²) in [5.41, 5.74) is 2.00. The summed E-state index contributed by atoms with van der Waals surface area (Å²) in [5, 5.41) is 2.88. The van der Waals surface area contributed by atoms with Gasteiger partial charge in [0.25, 0.3) is 0 Å². The molecule has 5 nitrogen and oxygen atoms in total. The largest absolute Gasteiger partial charge is 0.466 e. The highest BCUT2D eigenvalue weighted by Gasteiger charge is 2.12. The lowest BCUT2D eigenvalue weighted by Gasteiger charge is -2.10. The third-order valence-corrected chi connectivity index (χ3v) is 3.42. The summed E-state index contributed by atoms with van der Waals surface area (Å²) < 4.78 is 9.19. The monoisotopic (exact) mass is 319 g/mol. The van der Waals surface area contributed by atoms with Gasteiger partial charge in [-0.2, -0.15) is 0 Å². The minimum atomic E-state index is -0.626. The summed E-state index contributed by atoms with van der Waals surface area (Å²) in [5.74, 6) is -1.25. The number of anilines is 1. The molecule has 0 radical (unpaired) electrons. The Hall–Kier alpha value is -2.30. The molecule has 23 heavy (non-hydrogen) atoms. The maximum absolute atomic E-state index is 11.7. The molecule has 0 heterocycles. The molecule has 1 aromatic carbocycles. The van der Waals surface area contributed by atoms with Crippen LogP contribution in [-0.2, 0) is 25.5 Å². The van der Waals surface area contributed by atoms with E-state index in [0.717, 1.165) is 12.5 Å². The van der Waals surface area contributed by atoms with Gasteiger partial charge >= 0.3 is 11.9 Å². The fourth-order valence-electron chi connectivity index (χ4n) is 2.10. The Labute approximate surface area is 137 Å². The fraction of sp³-hybridized carbons (Fsp3) is 0.444. The van der Waals surface area contributed by atoms with Crippen molar-refractivity contribution < 1.29 is 19.1 Å². The molecular formula is C18H25NO4. The first kappa shape index (κ1) is 18.7. The first-order valence-electron chi connectivity index (χ1n) is 7.84. The van der Waals surface area contributed by atoms with Crippen LogP contribution in [0.25, 0.3) is 0 Å². The highest BCUT2D eigenvalue weighted by molar-refractivity contribution is 5.98. The van der Waals surface area contributed by atoms with Gasteiger partial charge < -0.3 is 14.8 Å². The van der Waals surface area contributed by atoms with Gasteiger partial charge in [0.15, 0.2) is 0 Å². The normalized spacial score (nSPS) is 11.0. The van der Waals surface area contributed by atoms with Crippen molar-refractivity contribution in [1.29, 1.82) is 0 Å². The molecule has 0 fully saturated rings. The molecule has 1 rings (SSSR count). The SMILES string of the molecule is CCCCCCc1ccc(N/C(=C\C(=O)OC)C(=O)OC)cc1. The van der Waals surface area contributed by atoms with E-state index >= 15 is 0 Å². The van der Waals surface area contributed by atoms with Crippen molar-refractivity contribution in [2.45, 2.75) is 39.0 Å². The predicted octanol–water partition coefficient (Wildman–Crippen LogP) is 3.45. The molecule has 5 heteroatoms. The second kappa shape index (κ2) is 10.4.